The van der Waals surface area contributed by atoms with Gasteiger partial charge in [0.25, 0.3) is 0 Å². The lowest BCUT2D eigenvalue weighted by molar-refractivity contribution is -0.134. The number of amides is 1. The third kappa shape index (κ3) is 2.94. The van der Waals surface area contributed by atoms with Gasteiger partial charge in [0.2, 0.25) is 5.91 Å². The number of hydrogen-bond donors (Lipinski definition) is 0. The molecule has 0 saturated carbocycles. The summed E-state index contributed by atoms with van der Waals surface area (Å²) in [6, 6.07) is 4.06. The van der Waals surface area contributed by atoms with E-state index in [1.807, 2.05) is 0 Å². The van der Waals surface area contributed by atoms with Gasteiger partial charge in [-0.05, 0) is 17.7 Å². The molecule has 3 nitrogen and oxygen atoms in total. The van der Waals surface area contributed by atoms with E-state index < -0.39 is 11.2 Å². The maximum absolute atomic E-state index is 13.0. The quantitative estimate of drug-likeness (QED) is 0.784. The molecule has 2 rings (SSSR count). The van der Waals surface area contributed by atoms with Crippen LogP contribution in [0.1, 0.15) is 10.9 Å². The molecule has 0 aromatic heterocycles. The van der Waals surface area contributed by atoms with Crippen LogP contribution in [0.3, 0.4) is 0 Å². The predicted molar refractivity (Wildman–Crippen MR) is 67.4 cm³/mol. The van der Waals surface area contributed by atoms with E-state index >= 15 is 0 Å². The second kappa shape index (κ2) is 5.87. The minimum absolute atomic E-state index is 0.0343. The van der Waals surface area contributed by atoms with Crippen molar-refractivity contribution in [2.24, 2.45) is 0 Å². The number of carbonyl (C=O) groups excluding carboxylic acids is 1. The van der Waals surface area contributed by atoms with E-state index in [1.165, 1.54) is 18.2 Å². The SMILES string of the molecule is O=C(C(Cl)c1ccc(F)c(Cl)c1)N1CCOCC1. The molecule has 1 aliphatic rings. The van der Waals surface area contributed by atoms with Gasteiger partial charge in [0.15, 0.2) is 0 Å². The van der Waals surface area contributed by atoms with Crippen LogP contribution in [-0.4, -0.2) is 37.1 Å². The smallest absolute Gasteiger partial charge is 0.245 e. The molecule has 0 N–H and O–H groups in total. The lowest BCUT2D eigenvalue weighted by Crippen LogP contribution is -2.42. The van der Waals surface area contributed by atoms with Crippen molar-refractivity contribution in [1.82, 2.24) is 4.90 Å². The zero-order valence-corrected chi connectivity index (χ0v) is 11.0. The Hall–Kier alpha value is -0.840. The number of rotatable bonds is 2. The van der Waals surface area contributed by atoms with Gasteiger partial charge in [-0.15, -0.1) is 11.6 Å². The van der Waals surface area contributed by atoms with Crippen LogP contribution in [0.25, 0.3) is 0 Å². The topological polar surface area (TPSA) is 29.5 Å². The molecule has 18 heavy (non-hydrogen) atoms. The van der Waals surface area contributed by atoms with Gasteiger partial charge in [-0.1, -0.05) is 17.7 Å². The summed E-state index contributed by atoms with van der Waals surface area (Å²) >= 11 is 11.8. The van der Waals surface area contributed by atoms with Crippen LogP contribution < -0.4 is 0 Å². The lowest BCUT2D eigenvalue weighted by atomic mass is 10.1. The fourth-order valence-corrected chi connectivity index (χ4v) is 2.22. The molecule has 1 amide bonds. The number of benzene rings is 1. The Bertz CT molecular complexity index is 450. The molecular weight excluding hydrogens is 280 g/mol. The zero-order valence-electron chi connectivity index (χ0n) is 9.54. The number of carbonyl (C=O) groups is 1. The van der Waals surface area contributed by atoms with Gasteiger partial charge >= 0.3 is 0 Å². The molecule has 1 saturated heterocycles. The number of alkyl halides is 1. The molecule has 1 aromatic carbocycles. The largest absolute Gasteiger partial charge is 0.378 e. The average Bonchev–Trinajstić information content (AvgIpc) is 2.41. The molecule has 0 radical (unpaired) electrons. The second-order valence-corrected chi connectivity index (χ2v) is 4.82. The van der Waals surface area contributed by atoms with Crippen molar-refractivity contribution >= 4 is 29.1 Å². The van der Waals surface area contributed by atoms with Crippen LogP contribution in [0, 0.1) is 5.82 Å². The summed E-state index contributed by atoms with van der Waals surface area (Å²) in [4.78, 5) is 13.7. The number of ether oxygens (including phenoxy) is 1. The molecule has 1 atom stereocenters. The Morgan fingerprint density at radius 3 is 2.67 bits per heavy atom. The van der Waals surface area contributed by atoms with Gasteiger partial charge in [-0.3, -0.25) is 4.79 Å². The predicted octanol–water partition coefficient (Wildman–Crippen LogP) is 2.62. The second-order valence-electron chi connectivity index (χ2n) is 3.97. The maximum atomic E-state index is 13.0. The fourth-order valence-electron chi connectivity index (χ4n) is 1.76. The standard InChI is InChI=1S/C12H12Cl2FNO2/c13-9-7-8(1-2-10(9)15)11(14)12(17)16-3-5-18-6-4-16/h1-2,7,11H,3-6H2. The van der Waals surface area contributed by atoms with Gasteiger partial charge in [-0.25, -0.2) is 4.39 Å². The van der Waals surface area contributed by atoms with Crippen molar-refractivity contribution < 1.29 is 13.9 Å². The van der Waals surface area contributed by atoms with E-state index in [4.69, 9.17) is 27.9 Å². The molecule has 98 valence electrons. The van der Waals surface area contributed by atoms with Crippen LogP contribution in [0.15, 0.2) is 18.2 Å². The van der Waals surface area contributed by atoms with E-state index in [1.54, 1.807) is 4.90 Å². The Labute approximate surface area is 114 Å². The highest BCUT2D eigenvalue weighted by atomic mass is 35.5. The summed E-state index contributed by atoms with van der Waals surface area (Å²) < 4.78 is 18.2. The molecule has 1 aliphatic heterocycles. The van der Waals surface area contributed by atoms with Crippen molar-refractivity contribution in [2.75, 3.05) is 26.3 Å². The van der Waals surface area contributed by atoms with Crippen LogP contribution in [-0.2, 0) is 9.53 Å². The van der Waals surface area contributed by atoms with Crippen LogP contribution in [0.4, 0.5) is 4.39 Å². The summed E-state index contributed by atoms with van der Waals surface area (Å²) in [6.07, 6.45) is 0. The third-order valence-electron chi connectivity index (χ3n) is 2.78. The van der Waals surface area contributed by atoms with Gasteiger partial charge in [0, 0.05) is 13.1 Å². The van der Waals surface area contributed by atoms with E-state index in [0.717, 1.165) is 0 Å². The van der Waals surface area contributed by atoms with Gasteiger partial charge < -0.3 is 9.64 Å². The molecule has 1 aromatic rings. The number of morpholine rings is 1. The van der Waals surface area contributed by atoms with Crippen molar-refractivity contribution in [3.05, 3.63) is 34.6 Å². The van der Waals surface area contributed by atoms with Crippen molar-refractivity contribution in [1.29, 1.82) is 0 Å². The third-order valence-corrected chi connectivity index (χ3v) is 3.50. The number of halogens is 3. The molecular formula is C12H12Cl2FNO2. The highest BCUT2D eigenvalue weighted by Crippen LogP contribution is 2.27. The van der Waals surface area contributed by atoms with E-state index in [-0.39, 0.29) is 10.9 Å². The summed E-state index contributed by atoms with van der Waals surface area (Å²) in [6.45, 7) is 2.08. The Kier molecular flexibility index (Phi) is 4.43. The van der Waals surface area contributed by atoms with E-state index in [2.05, 4.69) is 0 Å². The zero-order chi connectivity index (χ0) is 13.1. The summed E-state index contributed by atoms with van der Waals surface area (Å²) in [5.41, 5.74) is 0.500. The molecule has 1 fully saturated rings. The Morgan fingerprint density at radius 2 is 2.06 bits per heavy atom. The first-order chi connectivity index (χ1) is 8.59. The minimum atomic E-state index is -0.846. The Morgan fingerprint density at radius 1 is 1.39 bits per heavy atom. The van der Waals surface area contributed by atoms with Crippen LogP contribution in [0.2, 0.25) is 5.02 Å². The highest BCUT2D eigenvalue weighted by Gasteiger charge is 2.25. The maximum Gasteiger partial charge on any atom is 0.245 e. The molecule has 0 bridgehead atoms. The lowest BCUT2D eigenvalue weighted by Gasteiger charge is -2.28. The first kappa shape index (κ1) is 13.6. The summed E-state index contributed by atoms with van der Waals surface area (Å²) in [5, 5.41) is -0.880. The molecule has 0 spiro atoms. The van der Waals surface area contributed by atoms with E-state index in [9.17, 15) is 9.18 Å². The van der Waals surface area contributed by atoms with Gasteiger partial charge in [0.1, 0.15) is 11.2 Å². The number of nitrogens with zero attached hydrogens (tertiary/aromatic N) is 1. The minimum Gasteiger partial charge on any atom is -0.378 e. The number of hydrogen-bond acceptors (Lipinski definition) is 2. The molecule has 6 heteroatoms. The van der Waals surface area contributed by atoms with Crippen molar-refractivity contribution in [3.63, 3.8) is 0 Å². The van der Waals surface area contributed by atoms with Crippen LogP contribution in [0.5, 0.6) is 0 Å². The average molecular weight is 292 g/mol. The molecule has 1 unspecified atom stereocenters. The van der Waals surface area contributed by atoms with Crippen molar-refractivity contribution in [2.45, 2.75) is 5.38 Å². The highest BCUT2D eigenvalue weighted by molar-refractivity contribution is 6.32. The van der Waals surface area contributed by atoms with E-state index in [0.29, 0.717) is 31.9 Å². The normalized spacial score (nSPS) is 17.6. The van der Waals surface area contributed by atoms with Crippen molar-refractivity contribution in [3.8, 4) is 0 Å². The summed E-state index contributed by atoms with van der Waals surface area (Å²) in [7, 11) is 0. The Balaban J connectivity index is 2.11. The van der Waals surface area contributed by atoms with Gasteiger partial charge in [-0.2, -0.15) is 0 Å². The van der Waals surface area contributed by atoms with Gasteiger partial charge in [0.05, 0.1) is 18.2 Å². The van der Waals surface area contributed by atoms with Crippen LogP contribution >= 0.6 is 23.2 Å². The summed E-state index contributed by atoms with van der Waals surface area (Å²) in [5.74, 6) is -0.731. The molecule has 0 aliphatic carbocycles. The monoisotopic (exact) mass is 291 g/mol. The first-order valence-corrected chi connectivity index (χ1v) is 6.36. The first-order valence-electron chi connectivity index (χ1n) is 5.55. The molecule has 1 heterocycles. The fraction of sp³-hybridized carbons (Fsp3) is 0.417.